The van der Waals surface area contributed by atoms with Crippen LogP contribution in [0.2, 0.25) is 0 Å². The second-order valence-corrected chi connectivity index (χ2v) is 13.2. The highest BCUT2D eigenvalue weighted by molar-refractivity contribution is 6.05. The lowest BCUT2D eigenvalue weighted by atomic mass is 9.63. The van der Waals surface area contributed by atoms with Crippen LogP contribution in [0.3, 0.4) is 0 Å². The molecule has 228 valence electrons. The Morgan fingerprint density at radius 2 is 1.57 bits per heavy atom. The van der Waals surface area contributed by atoms with Gasteiger partial charge in [-0.1, -0.05) is 33.8 Å². The number of hydrogen-bond donors (Lipinski definition) is 3. The Labute approximate surface area is 248 Å². The molecular formula is C33H45N3O6. The van der Waals surface area contributed by atoms with E-state index in [1.165, 1.54) is 11.1 Å². The first-order valence-electron chi connectivity index (χ1n) is 14.5. The fraction of sp³-hybridized carbons (Fsp3) is 0.515. The van der Waals surface area contributed by atoms with Crippen molar-refractivity contribution in [3.05, 3.63) is 58.7 Å². The van der Waals surface area contributed by atoms with Gasteiger partial charge in [0.15, 0.2) is 0 Å². The molecule has 0 heterocycles. The molecule has 42 heavy (non-hydrogen) atoms. The molecule has 9 nitrogen and oxygen atoms in total. The Hall–Kier alpha value is -3.88. The van der Waals surface area contributed by atoms with Crippen molar-refractivity contribution in [1.29, 1.82) is 0 Å². The van der Waals surface area contributed by atoms with Crippen molar-refractivity contribution in [2.45, 2.75) is 97.0 Å². The standard InChI is InChI=1S/C33H45N3O6/c1-31(2,3)42-30(40)23-11-10-22(20-26(23)41-18-8-17-35-28(38)14-13-27(34)37)36-29(39)21-9-12-24-25(19-21)33(6,7)16-15-32(24,4)5/h9-12,19-20H,8,13-18H2,1-7H3,(H2,34,37)(H,35,38)(H,36,39). The van der Waals surface area contributed by atoms with Gasteiger partial charge in [0.25, 0.3) is 5.91 Å². The number of rotatable bonds is 11. The van der Waals surface area contributed by atoms with Crippen molar-refractivity contribution in [3.63, 3.8) is 0 Å². The third-order valence-electron chi connectivity index (χ3n) is 7.47. The van der Waals surface area contributed by atoms with Gasteiger partial charge in [0, 0.05) is 36.7 Å². The second-order valence-electron chi connectivity index (χ2n) is 13.2. The number of carbonyl (C=O) groups excluding carboxylic acids is 4. The van der Waals surface area contributed by atoms with Gasteiger partial charge in [0.1, 0.15) is 16.9 Å². The molecule has 0 unspecified atom stereocenters. The highest BCUT2D eigenvalue weighted by Crippen LogP contribution is 2.46. The highest BCUT2D eigenvalue weighted by atomic mass is 16.6. The largest absolute Gasteiger partial charge is 0.493 e. The van der Waals surface area contributed by atoms with Crippen LogP contribution < -0.4 is 21.1 Å². The molecule has 1 aliphatic carbocycles. The van der Waals surface area contributed by atoms with Crippen molar-refractivity contribution in [3.8, 4) is 5.75 Å². The van der Waals surface area contributed by atoms with Gasteiger partial charge >= 0.3 is 5.97 Å². The molecule has 0 aromatic heterocycles. The average molecular weight is 580 g/mol. The molecule has 0 saturated heterocycles. The van der Waals surface area contributed by atoms with Gasteiger partial charge in [-0.2, -0.15) is 0 Å². The number of esters is 1. The molecule has 2 aromatic carbocycles. The number of hydrogen-bond acceptors (Lipinski definition) is 6. The number of nitrogens with two attached hydrogens (primary N) is 1. The Morgan fingerprint density at radius 1 is 0.905 bits per heavy atom. The van der Waals surface area contributed by atoms with Crippen molar-refractivity contribution in [1.82, 2.24) is 5.32 Å². The summed E-state index contributed by atoms with van der Waals surface area (Å²) >= 11 is 0. The maximum atomic E-state index is 13.3. The number of ether oxygens (including phenoxy) is 2. The molecule has 0 radical (unpaired) electrons. The van der Waals surface area contributed by atoms with Crippen LogP contribution in [0.25, 0.3) is 0 Å². The fourth-order valence-electron chi connectivity index (χ4n) is 4.96. The Kier molecular flexibility index (Phi) is 10.1. The zero-order valence-corrected chi connectivity index (χ0v) is 25.9. The number of benzene rings is 2. The lowest BCUT2D eigenvalue weighted by molar-refractivity contribution is -0.125. The highest BCUT2D eigenvalue weighted by Gasteiger charge is 2.37. The molecule has 1 aliphatic rings. The van der Waals surface area contributed by atoms with E-state index in [1.807, 2.05) is 12.1 Å². The summed E-state index contributed by atoms with van der Waals surface area (Å²) < 4.78 is 11.5. The van der Waals surface area contributed by atoms with E-state index in [1.54, 1.807) is 39.0 Å². The SMILES string of the molecule is CC(C)(C)OC(=O)c1ccc(NC(=O)c2ccc3c(c2)C(C)(C)CCC3(C)C)cc1OCCCNC(=O)CCC(N)=O. The van der Waals surface area contributed by atoms with Crippen molar-refractivity contribution in [2.75, 3.05) is 18.5 Å². The van der Waals surface area contributed by atoms with Gasteiger partial charge in [-0.15, -0.1) is 0 Å². The molecule has 9 heteroatoms. The van der Waals surface area contributed by atoms with E-state index in [-0.39, 0.29) is 53.4 Å². The molecule has 0 spiro atoms. The van der Waals surface area contributed by atoms with Gasteiger partial charge in [-0.05, 0) is 86.3 Å². The van der Waals surface area contributed by atoms with Crippen molar-refractivity contribution in [2.24, 2.45) is 5.73 Å². The fourth-order valence-corrected chi connectivity index (χ4v) is 4.96. The summed E-state index contributed by atoms with van der Waals surface area (Å²) in [5.41, 5.74) is 8.12. The summed E-state index contributed by atoms with van der Waals surface area (Å²) in [5, 5.41) is 5.65. The first-order chi connectivity index (χ1) is 19.5. The van der Waals surface area contributed by atoms with Gasteiger partial charge in [0.2, 0.25) is 11.8 Å². The third-order valence-corrected chi connectivity index (χ3v) is 7.47. The molecular weight excluding hydrogens is 534 g/mol. The van der Waals surface area contributed by atoms with Crippen molar-refractivity contribution >= 4 is 29.4 Å². The predicted molar refractivity (Wildman–Crippen MR) is 163 cm³/mol. The summed E-state index contributed by atoms with van der Waals surface area (Å²) in [6, 6.07) is 10.8. The Morgan fingerprint density at radius 3 is 2.21 bits per heavy atom. The molecule has 3 rings (SSSR count). The summed E-state index contributed by atoms with van der Waals surface area (Å²) in [7, 11) is 0. The van der Waals surface area contributed by atoms with Crippen LogP contribution in [-0.4, -0.2) is 42.4 Å². The number of primary amides is 1. The van der Waals surface area contributed by atoms with Crippen LogP contribution >= 0.6 is 0 Å². The Bertz CT molecular complexity index is 1340. The summed E-state index contributed by atoms with van der Waals surface area (Å²) in [4.78, 5) is 48.9. The smallest absolute Gasteiger partial charge is 0.342 e. The maximum absolute atomic E-state index is 13.3. The average Bonchev–Trinajstić information content (AvgIpc) is 2.89. The predicted octanol–water partition coefficient (Wildman–Crippen LogP) is 5.39. The van der Waals surface area contributed by atoms with Crippen molar-refractivity contribution < 1.29 is 28.7 Å². The van der Waals surface area contributed by atoms with Gasteiger partial charge in [-0.3, -0.25) is 14.4 Å². The van der Waals surface area contributed by atoms with E-state index in [2.05, 4.69) is 44.4 Å². The number of amides is 3. The second kappa shape index (κ2) is 13.0. The molecule has 2 aromatic rings. The Balaban J connectivity index is 1.75. The maximum Gasteiger partial charge on any atom is 0.342 e. The quantitative estimate of drug-likeness (QED) is 0.241. The molecule has 0 aliphatic heterocycles. The zero-order chi connectivity index (χ0) is 31.3. The van der Waals surface area contributed by atoms with E-state index < -0.39 is 17.5 Å². The van der Waals surface area contributed by atoms with E-state index in [4.69, 9.17) is 15.2 Å². The van der Waals surface area contributed by atoms with Crippen LogP contribution in [0.1, 0.15) is 112 Å². The van der Waals surface area contributed by atoms with E-state index >= 15 is 0 Å². The lowest BCUT2D eigenvalue weighted by Gasteiger charge is -2.42. The first-order valence-corrected chi connectivity index (χ1v) is 14.5. The molecule has 0 fully saturated rings. The zero-order valence-electron chi connectivity index (χ0n) is 25.9. The monoisotopic (exact) mass is 579 g/mol. The van der Waals surface area contributed by atoms with Gasteiger partial charge < -0.3 is 25.8 Å². The molecule has 0 saturated carbocycles. The van der Waals surface area contributed by atoms with Crippen LogP contribution in [0.4, 0.5) is 5.69 Å². The minimum atomic E-state index is -0.703. The molecule has 0 atom stereocenters. The normalized spacial score (nSPS) is 15.2. The topological polar surface area (TPSA) is 137 Å². The molecule has 0 bridgehead atoms. The minimum Gasteiger partial charge on any atom is -0.493 e. The lowest BCUT2D eigenvalue weighted by Crippen LogP contribution is -2.34. The third kappa shape index (κ3) is 8.81. The summed E-state index contributed by atoms with van der Waals surface area (Å²) in [5.74, 6) is -1.35. The number of fused-ring (bicyclic) bond motifs is 1. The summed E-state index contributed by atoms with van der Waals surface area (Å²) in [6.45, 7) is 14.8. The number of anilines is 1. The first kappa shape index (κ1) is 32.6. The number of carbonyl (C=O) groups is 4. The van der Waals surface area contributed by atoms with Crippen LogP contribution in [0, 0.1) is 0 Å². The van der Waals surface area contributed by atoms with Crippen LogP contribution in [-0.2, 0) is 25.2 Å². The van der Waals surface area contributed by atoms with E-state index in [0.29, 0.717) is 24.2 Å². The summed E-state index contributed by atoms with van der Waals surface area (Å²) in [6.07, 6.45) is 2.60. The molecule has 4 N–H and O–H groups in total. The molecule has 3 amide bonds. The van der Waals surface area contributed by atoms with Gasteiger partial charge in [-0.25, -0.2) is 4.79 Å². The van der Waals surface area contributed by atoms with E-state index in [0.717, 1.165) is 12.8 Å². The van der Waals surface area contributed by atoms with Gasteiger partial charge in [0.05, 0.1) is 6.61 Å². The number of nitrogens with one attached hydrogen (secondary N) is 2. The van der Waals surface area contributed by atoms with Crippen LogP contribution in [0.15, 0.2) is 36.4 Å². The van der Waals surface area contributed by atoms with Crippen LogP contribution in [0.5, 0.6) is 5.75 Å². The van der Waals surface area contributed by atoms with E-state index in [9.17, 15) is 19.2 Å². The minimum absolute atomic E-state index is 0.0126.